The highest BCUT2D eigenvalue weighted by Gasteiger charge is 2.49. The number of aliphatic hydroxyl groups is 1. The van der Waals surface area contributed by atoms with Gasteiger partial charge in [0, 0.05) is 17.9 Å². The maximum atomic E-state index is 8.86. The highest BCUT2D eigenvalue weighted by Crippen LogP contribution is 2.41. The van der Waals surface area contributed by atoms with Crippen LogP contribution in [0.1, 0.15) is 6.92 Å². The van der Waals surface area contributed by atoms with Gasteiger partial charge < -0.3 is 25.2 Å². The molecule has 0 saturated carbocycles. The van der Waals surface area contributed by atoms with Crippen LogP contribution in [0.3, 0.4) is 0 Å². The molecule has 1 saturated heterocycles. The van der Waals surface area contributed by atoms with Crippen molar-refractivity contribution in [1.29, 1.82) is 0 Å². The number of rotatable bonds is 6. The molecule has 0 aliphatic carbocycles. The summed E-state index contributed by atoms with van der Waals surface area (Å²) in [7, 11) is 0. The van der Waals surface area contributed by atoms with E-state index in [-0.39, 0.29) is 13.2 Å². The van der Waals surface area contributed by atoms with E-state index in [1.807, 2.05) is 36.1 Å². The lowest BCUT2D eigenvalue weighted by Gasteiger charge is -2.36. The van der Waals surface area contributed by atoms with Crippen LogP contribution in [-0.4, -0.2) is 42.2 Å². The first-order valence-corrected chi connectivity index (χ1v) is 9.17. The average Bonchev–Trinajstić information content (AvgIpc) is 3.32. The normalized spacial score (nSPS) is 21.4. The Morgan fingerprint density at radius 1 is 1.34 bits per heavy atom. The molecule has 0 radical (unpaired) electrons. The Bertz CT molecular complexity index is 993. The lowest BCUT2D eigenvalue weighted by molar-refractivity contribution is -0.0214. The first kappa shape index (κ1) is 17.6. The van der Waals surface area contributed by atoms with E-state index in [1.165, 1.54) is 0 Å². The second-order valence-electron chi connectivity index (χ2n) is 6.67. The van der Waals surface area contributed by atoms with E-state index >= 15 is 0 Å². The zero-order valence-corrected chi connectivity index (χ0v) is 15.7. The van der Waals surface area contributed by atoms with Gasteiger partial charge in [-0.3, -0.25) is 4.90 Å². The third kappa shape index (κ3) is 2.98. The van der Waals surface area contributed by atoms with Crippen LogP contribution < -0.4 is 30.5 Å². The van der Waals surface area contributed by atoms with Crippen molar-refractivity contribution in [3.05, 3.63) is 47.9 Å². The van der Waals surface area contributed by atoms with Crippen molar-refractivity contribution in [1.82, 2.24) is 10.5 Å². The Labute approximate surface area is 166 Å². The van der Waals surface area contributed by atoms with Gasteiger partial charge in [0.2, 0.25) is 5.88 Å². The van der Waals surface area contributed by atoms with E-state index in [1.54, 1.807) is 18.5 Å². The Balaban J connectivity index is 1.46. The number of anilines is 3. The highest BCUT2D eigenvalue weighted by molar-refractivity contribution is 5.84. The molecule has 2 aromatic rings. The summed E-state index contributed by atoms with van der Waals surface area (Å²) in [6, 6.07) is 9.39. The van der Waals surface area contributed by atoms with Crippen molar-refractivity contribution >= 4 is 23.3 Å². The molecule has 1 unspecified atom stereocenters. The molecule has 1 aromatic carbocycles. The first-order valence-electron chi connectivity index (χ1n) is 9.17. The minimum absolute atomic E-state index is 0.0664. The molecule has 2 bridgehead atoms. The van der Waals surface area contributed by atoms with Gasteiger partial charge in [-0.1, -0.05) is 0 Å². The second kappa shape index (κ2) is 6.83. The number of aliphatic imine (C=N–C) groups is 1. The largest absolute Gasteiger partial charge is 0.475 e. The molecular weight excluding hydrogens is 376 g/mol. The summed E-state index contributed by atoms with van der Waals surface area (Å²) in [5, 5.41) is 15.4. The summed E-state index contributed by atoms with van der Waals surface area (Å²) in [6.07, 6.45) is 3.39. The Morgan fingerprint density at radius 3 is 3.10 bits per heavy atom. The minimum atomic E-state index is -1.21. The van der Waals surface area contributed by atoms with Crippen molar-refractivity contribution in [2.24, 2.45) is 4.99 Å². The second-order valence-corrected chi connectivity index (χ2v) is 6.67. The molecule has 3 aliphatic rings. The van der Waals surface area contributed by atoms with E-state index in [9.17, 15) is 0 Å². The maximum Gasteiger partial charge on any atom is 0.351 e. The third-order valence-electron chi connectivity index (χ3n) is 4.72. The topological polar surface area (TPSA) is 112 Å². The molecule has 150 valence electrons. The Kier molecular flexibility index (Phi) is 4.14. The molecule has 29 heavy (non-hydrogen) atoms. The Hall–Kier alpha value is -3.50. The molecule has 4 N–H and O–H groups in total. The van der Waals surface area contributed by atoms with Crippen molar-refractivity contribution in [2.75, 3.05) is 35.5 Å². The zero-order chi connectivity index (χ0) is 19.8. The third-order valence-corrected chi connectivity index (χ3v) is 4.72. The maximum absolute atomic E-state index is 8.86. The molecule has 1 atom stereocenters. The quantitative estimate of drug-likeness (QED) is 0.578. The summed E-state index contributed by atoms with van der Waals surface area (Å²) in [5.41, 5.74) is 6.40. The van der Waals surface area contributed by atoms with E-state index < -0.39 is 5.97 Å². The van der Waals surface area contributed by atoms with Gasteiger partial charge in [0.15, 0.2) is 6.73 Å². The lowest BCUT2D eigenvalue weighted by Crippen LogP contribution is -2.51. The molecule has 1 aromatic heterocycles. The molecule has 4 heterocycles. The van der Waals surface area contributed by atoms with Crippen molar-refractivity contribution in [3.63, 3.8) is 0 Å². The zero-order valence-electron chi connectivity index (χ0n) is 15.7. The van der Waals surface area contributed by atoms with Gasteiger partial charge in [-0.2, -0.15) is 0 Å². The number of hydrogen-bond acceptors (Lipinski definition) is 10. The first-order chi connectivity index (χ1) is 14.2. The summed E-state index contributed by atoms with van der Waals surface area (Å²) in [5.74, 6) is 0.823. The predicted molar refractivity (Wildman–Crippen MR) is 107 cm³/mol. The molecule has 1 fully saturated rings. The van der Waals surface area contributed by atoms with E-state index in [0.29, 0.717) is 18.3 Å². The van der Waals surface area contributed by atoms with E-state index in [2.05, 4.69) is 26.1 Å². The molecule has 3 aliphatic heterocycles. The number of nitrogens with zero attached hydrogens (tertiary/aromatic N) is 3. The monoisotopic (exact) mass is 396 g/mol. The minimum Gasteiger partial charge on any atom is -0.475 e. The van der Waals surface area contributed by atoms with Gasteiger partial charge in [-0.25, -0.2) is 20.3 Å². The van der Waals surface area contributed by atoms with Gasteiger partial charge >= 0.3 is 5.97 Å². The number of hydroxylamine groups is 1. The summed E-state index contributed by atoms with van der Waals surface area (Å²) in [6.45, 7) is 2.54. The number of fused-ring (bicyclic) bond motifs is 3. The SMILES string of the molecule is CC1=C2NOC(Nc3ccc(OCCO)nc3)(N=C1)N2c1ccc2c(c1)NCO2. The molecule has 0 spiro atoms. The predicted octanol–water partition coefficient (Wildman–Crippen LogP) is 1.59. The van der Waals surface area contributed by atoms with Crippen LogP contribution in [0, 0.1) is 0 Å². The van der Waals surface area contributed by atoms with Crippen LogP contribution in [-0.2, 0) is 4.84 Å². The highest BCUT2D eigenvalue weighted by atomic mass is 16.7. The number of allylic oxidation sites excluding steroid dienone is 1. The number of aliphatic hydroxyl groups excluding tert-OH is 1. The van der Waals surface area contributed by atoms with Crippen molar-refractivity contribution in [3.8, 4) is 11.6 Å². The van der Waals surface area contributed by atoms with Crippen molar-refractivity contribution in [2.45, 2.75) is 12.9 Å². The van der Waals surface area contributed by atoms with E-state index in [4.69, 9.17) is 19.4 Å². The molecule has 10 heteroatoms. The molecule has 5 rings (SSSR count). The number of benzene rings is 1. The van der Waals surface area contributed by atoms with Crippen LogP contribution in [0.15, 0.2) is 52.9 Å². The van der Waals surface area contributed by atoms with Gasteiger partial charge in [0.1, 0.15) is 18.2 Å². The average molecular weight is 396 g/mol. The lowest BCUT2D eigenvalue weighted by atomic mass is 10.2. The summed E-state index contributed by atoms with van der Waals surface area (Å²) >= 11 is 0. The number of nitrogens with one attached hydrogen (secondary N) is 3. The fourth-order valence-corrected chi connectivity index (χ4v) is 3.36. The molecular formula is C19H20N6O4. The smallest absolute Gasteiger partial charge is 0.351 e. The fourth-order valence-electron chi connectivity index (χ4n) is 3.36. The van der Waals surface area contributed by atoms with Gasteiger partial charge in [-0.05, 0) is 31.2 Å². The number of hydrogen-bond donors (Lipinski definition) is 4. The number of aromatic nitrogens is 1. The van der Waals surface area contributed by atoms with Crippen LogP contribution in [0.4, 0.5) is 17.1 Å². The fraction of sp³-hybridized carbons (Fsp3) is 0.263. The van der Waals surface area contributed by atoms with Crippen LogP contribution in [0.25, 0.3) is 0 Å². The van der Waals surface area contributed by atoms with E-state index in [0.717, 1.165) is 28.5 Å². The van der Waals surface area contributed by atoms with Crippen LogP contribution in [0.5, 0.6) is 11.6 Å². The molecule has 0 amide bonds. The molecule has 10 nitrogen and oxygen atoms in total. The van der Waals surface area contributed by atoms with Crippen LogP contribution in [0.2, 0.25) is 0 Å². The number of pyridine rings is 1. The summed E-state index contributed by atoms with van der Waals surface area (Å²) in [4.78, 5) is 16.7. The van der Waals surface area contributed by atoms with Crippen LogP contribution >= 0.6 is 0 Å². The van der Waals surface area contributed by atoms with Gasteiger partial charge in [0.25, 0.3) is 0 Å². The standard InChI is InChI=1S/C19H20N6O4/c1-12-9-22-19(23-13-2-5-17(20-10-13)27-7-6-26)25(18(12)24-29-19)14-3-4-16-15(8-14)21-11-28-16/h2-5,8-10,21,23-24,26H,6-7,11H2,1H3. The van der Waals surface area contributed by atoms with Gasteiger partial charge in [0.05, 0.1) is 29.9 Å². The summed E-state index contributed by atoms with van der Waals surface area (Å²) < 4.78 is 10.8. The van der Waals surface area contributed by atoms with Gasteiger partial charge in [-0.15, -0.1) is 0 Å². The Morgan fingerprint density at radius 2 is 2.28 bits per heavy atom. The van der Waals surface area contributed by atoms with Crippen molar-refractivity contribution < 1.29 is 19.4 Å². The number of ether oxygens (including phenoxy) is 2.